The van der Waals surface area contributed by atoms with E-state index < -0.39 is 0 Å². The zero-order valence-electron chi connectivity index (χ0n) is 16.5. The molecule has 0 aromatic heterocycles. The van der Waals surface area contributed by atoms with Crippen LogP contribution in [0, 0.1) is 11.3 Å². The lowest BCUT2D eigenvalue weighted by Gasteiger charge is -2.45. The van der Waals surface area contributed by atoms with Crippen LogP contribution in [0.5, 0.6) is 0 Å². The second-order valence-corrected chi connectivity index (χ2v) is 8.00. The van der Waals surface area contributed by atoms with Crippen LogP contribution in [0.2, 0.25) is 0 Å². The van der Waals surface area contributed by atoms with Gasteiger partial charge in [0.1, 0.15) is 0 Å². The molecular weight excluding hydrogens is 338 g/mol. The summed E-state index contributed by atoms with van der Waals surface area (Å²) in [5.74, 6) is 0.810. The molecule has 144 valence electrons. The van der Waals surface area contributed by atoms with Gasteiger partial charge in [0, 0.05) is 37.5 Å². The standard InChI is InChI=1S/C21H29N5O/c1-4-25(5-2)21(27)23-26-13-15-11-18-16(7-6-10-24(18)3)19-14(12-22)8-9-17(26)20(15)19/h8-9,15-16,18H,4-7,10-11,13H2,1-3H3,(H,23,27)/t15?,16-,18+/m0/s1. The van der Waals surface area contributed by atoms with Crippen LogP contribution in [-0.4, -0.2) is 55.1 Å². The van der Waals surface area contributed by atoms with Crippen molar-refractivity contribution in [1.82, 2.24) is 15.2 Å². The summed E-state index contributed by atoms with van der Waals surface area (Å²) < 4.78 is 0. The van der Waals surface area contributed by atoms with Crippen LogP contribution >= 0.6 is 0 Å². The summed E-state index contributed by atoms with van der Waals surface area (Å²) in [5.41, 5.74) is 7.58. The maximum Gasteiger partial charge on any atom is 0.336 e. The van der Waals surface area contributed by atoms with Gasteiger partial charge in [0.15, 0.2) is 0 Å². The Hall–Kier alpha value is -2.26. The number of hydrogen-bond donors (Lipinski definition) is 1. The SMILES string of the molecule is CCN(CC)C(=O)NN1CC2C[C@@H]3[C@H](CCCN3C)c3c(C#N)ccc1c32. The Morgan fingerprint density at radius 2 is 2.11 bits per heavy atom. The summed E-state index contributed by atoms with van der Waals surface area (Å²) in [7, 11) is 2.21. The number of nitrogens with zero attached hydrogens (tertiary/aromatic N) is 4. The zero-order valence-corrected chi connectivity index (χ0v) is 16.5. The highest BCUT2D eigenvalue weighted by molar-refractivity contribution is 5.78. The smallest absolute Gasteiger partial charge is 0.324 e. The Kier molecular flexibility index (Phi) is 4.73. The van der Waals surface area contributed by atoms with Gasteiger partial charge in [-0.15, -0.1) is 0 Å². The number of carbonyl (C=O) groups excluding carboxylic acids is 1. The molecule has 2 aliphatic heterocycles. The van der Waals surface area contributed by atoms with Gasteiger partial charge in [-0.1, -0.05) is 0 Å². The molecule has 1 saturated heterocycles. The van der Waals surface area contributed by atoms with Gasteiger partial charge in [-0.2, -0.15) is 5.26 Å². The maximum atomic E-state index is 12.6. The number of likely N-dealkylation sites (tertiary alicyclic amines) is 1. The van der Waals surface area contributed by atoms with E-state index in [9.17, 15) is 10.1 Å². The molecule has 3 aliphatic rings. The van der Waals surface area contributed by atoms with Crippen LogP contribution in [-0.2, 0) is 0 Å². The van der Waals surface area contributed by atoms with E-state index >= 15 is 0 Å². The van der Waals surface area contributed by atoms with Crippen molar-refractivity contribution >= 4 is 11.7 Å². The molecule has 6 heteroatoms. The van der Waals surface area contributed by atoms with Crippen molar-refractivity contribution in [3.05, 3.63) is 28.8 Å². The highest BCUT2D eigenvalue weighted by Gasteiger charge is 2.45. The molecule has 1 aromatic rings. The van der Waals surface area contributed by atoms with Gasteiger partial charge in [0.2, 0.25) is 0 Å². The van der Waals surface area contributed by atoms with Gasteiger partial charge in [0.05, 0.1) is 17.3 Å². The third-order valence-electron chi connectivity index (χ3n) is 6.72. The third kappa shape index (κ3) is 2.85. The van der Waals surface area contributed by atoms with Crippen LogP contribution in [0.25, 0.3) is 0 Å². The van der Waals surface area contributed by atoms with E-state index in [1.54, 1.807) is 4.90 Å². The minimum Gasteiger partial charge on any atom is -0.324 e. The fourth-order valence-corrected chi connectivity index (χ4v) is 5.39. The van der Waals surface area contributed by atoms with Crippen LogP contribution in [0.3, 0.4) is 0 Å². The monoisotopic (exact) mass is 367 g/mol. The van der Waals surface area contributed by atoms with E-state index in [-0.39, 0.29) is 6.03 Å². The van der Waals surface area contributed by atoms with Gasteiger partial charge < -0.3 is 9.80 Å². The summed E-state index contributed by atoms with van der Waals surface area (Å²) in [6, 6.07) is 6.85. The van der Waals surface area contributed by atoms with Gasteiger partial charge in [-0.3, -0.25) is 5.01 Å². The highest BCUT2D eigenvalue weighted by atomic mass is 16.2. The predicted octanol–water partition coefficient (Wildman–Crippen LogP) is 3.01. The number of nitrogens with one attached hydrogen (secondary N) is 1. The normalized spacial score (nSPS) is 26.1. The quantitative estimate of drug-likeness (QED) is 0.892. The molecule has 1 unspecified atom stereocenters. The molecule has 6 nitrogen and oxygen atoms in total. The van der Waals surface area contributed by atoms with Gasteiger partial charge >= 0.3 is 6.03 Å². The van der Waals surface area contributed by atoms with E-state index in [4.69, 9.17) is 0 Å². The molecule has 2 heterocycles. The number of piperidine rings is 1. The first-order chi connectivity index (χ1) is 13.1. The minimum absolute atomic E-state index is 0.0497. The number of benzene rings is 1. The number of hydrazine groups is 1. The number of amides is 2. The minimum atomic E-state index is -0.0497. The van der Waals surface area contributed by atoms with Gasteiger partial charge in [-0.05, 0) is 70.0 Å². The molecule has 1 fully saturated rings. The lowest BCUT2D eigenvalue weighted by molar-refractivity contribution is 0.135. The fourth-order valence-electron chi connectivity index (χ4n) is 5.39. The van der Waals surface area contributed by atoms with Crippen molar-refractivity contribution in [1.29, 1.82) is 5.26 Å². The van der Waals surface area contributed by atoms with Crippen LogP contribution in [0.15, 0.2) is 12.1 Å². The molecule has 0 spiro atoms. The van der Waals surface area contributed by atoms with Crippen molar-refractivity contribution in [3.8, 4) is 6.07 Å². The summed E-state index contributed by atoms with van der Waals surface area (Å²) in [4.78, 5) is 16.9. The zero-order chi connectivity index (χ0) is 19.1. The van der Waals surface area contributed by atoms with Crippen molar-refractivity contribution in [2.24, 2.45) is 0 Å². The fraction of sp³-hybridized carbons (Fsp3) is 0.619. The predicted molar refractivity (Wildman–Crippen MR) is 106 cm³/mol. The van der Waals surface area contributed by atoms with E-state index in [0.717, 1.165) is 37.2 Å². The number of rotatable bonds is 3. The first-order valence-electron chi connectivity index (χ1n) is 10.2. The molecule has 4 rings (SSSR count). The number of nitriles is 1. The molecule has 27 heavy (non-hydrogen) atoms. The highest BCUT2D eigenvalue weighted by Crippen LogP contribution is 2.52. The third-order valence-corrected chi connectivity index (χ3v) is 6.72. The Labute approximate surface area is 161 Å². The Bertz CT molecular complexity index is 782. The van der Waals surface area contributed by atoms with E-state index in [1.165, 1.54) is 17.5 Å². The Morgan fingerprint density at radius 1 is 1.33 bits per heavy atom. The van der Waals surface area contributed by atoms with Crippen molar-refractivity contribution in [2.45, 2.75) is 51.0 Å². The number of carbonyl (C=O) groups is 1. The summed E-state index contributed by atoms with van der Waals surface area (Å²) >= 11 is 0. The molecule has 0 saturated carbocycles. The summed E-state index contributed by atoms with van der Waals surface area (Å²) in [6.07, 6.45) is 3.44. The summed E-state index contributed by atoms with van der Waals surface area (Å²) in [5, 5.41) is 11.8. The molecule has 1 N–H and O–H groups in total. The molecule has 1 aromatic carbocycles. The number of likely N-dealkylation sites (N-methyl/N-ethyl adjacent to an activating group) is 1. The van der Waals surface area contributed by atoms with Crippen molar-refractivity contribution < 1.29 is 4.79 Å². The van der Waals surface area contributed by atoms with Gasteiger partial charge in [-0.25, -0.2) is 10.2 Å². The maximum absolute atomic E-state index is 12.6. The van der Waals surface area contributed by atoms with Crippen LogP contribution in [0.1, 0.15) is 61.6 Å². The lowest BCUT2D eigenvalue weighted by Crippen LogP contribution is -2.49. The van der Waals surface area contributed by atoms with Gasteiger partial charge in [0.25, 0.3) is 0 Å². The Morgan fingerprint density at radius 3 is 2.81 bits per heavy atom. The first-order valence-corrected chi connectivity index (χ1v) is 10.2. The van der Waals surface area contributed by atoms with Crippen molar-refractivity contribution in [2.75, 3.05) is 38.2 Å². The van der Waals surface area contributed by atoms with Crippen LogP contribution < -0.4 is 10.4 Å². The molecule has 0 bridgehead atoms. The second kappa shape index (κ2) is 7.05. The average molecular weight is 367 g/mol. The summed E-state index contributed by atoms with van der Waals surface area (Å²) in [6.45, 7) is 7.31. The number of urea groups is 1. The number of fused-ring (bicyclic) bond motifs is 2. The van der Waals surface area contributed by atoms with Crippen LogP contribution in [0.4, 0.5) is 10.5 Å². The molecular formula is C21H29N5O. The molecule has 1 aliphatic carbocycles. The Balaban J connectivity index is 1.71. The second-order valence-electron chi connectivity index (χ2n) is 8.00. The topological polar surface area (TPSA) is 62.6 Å². The molecule has 3 atom stereocenters. The molecule has 0 radical (unpaired) electrons. The first kappa shape index (κ1) is 18.1. The van der Waals surface area contributed by atoms with E-state index in [1.807, 2.05) is 31.0 Å². The number of anilines is 1. The lowest BCUT2D eigenvalue weighted by atomic mass is 9.69. The van der Waals surface area contributed by atoms with E-state index in [2.05, 4.69) is 23.4 Å². The largest absolute Gasteiger partial charge is 0.336 e. The average Bonchev–Trinajstić information content (AvgIpc) is 3.02. The number of hydrogen-bond acceptors (Lipinski definition) is 4. The van der Waals surface area contributed by atoms with Crippen molar-refractivity contribution in [3.63, 3.8) is 0 Å². The van der Waals surface area contributed by atoms with E-state index in [0.29, 0.717) is 31.0 Å². The molecule has 2 amide bonds.